The number of alkyl halides is 3. The first-order chi connectivity index (χ1) is 14.6. The lowest BCUT2D eigenvalue weighted by Gasteiger charge is -2.39. The molecule has 0 bridgehead atoms. The molecule has 1 amide bonds. The number of amides is 1. The molecule has 2 aromatic rings. The van der Waals surface area contributed by atoms with E-state index < -0.39 is 11.9 Å². The van der Waals surface area contributed by atoms with E-state index in [1.165, 1.54) is 30.6 Å². The van der Waals surface area contributed by atoms with Crippen LogP contribution in [0.5, 0.6) is 5.75 Å². The predicted octanol–water partition coefficient (Wildman–Crippen LogP) is 2.94. The fourth-order valence-electron chi connectivity index (χ4n) is 3.47. The Morgan fingerprint density at radius 2 is 1.94 bits per heavy atom. The zero-order valence-electron chi connectivity index (χ0n) is 17.1. The molecule has 3 N–H and O–H groups in total. The second kappa shape index (κ2) is 8.93. The third-order valence-corrected chi connectivity index (χ3v) is 5.28. The van der Waals surface area contributed by atoms with Gasteiger partial charge in [0.15, 0.2) is 0 Å². The van der Waals surface area contributed by atoms with Crippen LogP contribution in [0.3, 0.4) is 0 Å². The Kier molecular flexibility index (Phi) is 6.49. The molecule has 1 aliphatic heterocycles. The van der Waals surface area contributed by atoms with Gasteiger partial charge in [-0.25, -0.2) is 9.97 Å². The molecule has 2 heterocycles. The smallest absolute Gasteiger partial charge is 0.406 e. The van der Waals surface area contributed by atoms with E-state index in [1.807, 2.05) is 6.92 Å². The second-order valence-electron chi connectivity index (χ2n) is 7.42. The Labute approximate surface area is 178 Å². The number of benzene rings is 1. The number of nitrogens with one attached hydrogen (secondary N) is 1. The molecular formula is C21H24F3N5O2. The van der Waals surface area contributed by atoms with Gasteiger partial charge in [-0.2, -0.15) is 0 Å². The largest absolute Gasteiger partial charge is 0.573 e. The highest BCUT2D eigenvalue weighted by Crippen LogP contribution is 2.28. The standard InChI is InChI=1S/C21H24F3N5O2/c1-3-17-14(2)27-13-28-18(17)29-10-8-20(25,9-11-29)19(30)26-12-15-4-6-16(7-5-15)31-21(22,23)24/h3-7,13H,1,8-12,25H2,2H3,(H,26,30). The number of hydrogen-bond acceptors (Lipinski definition) is 6. The van der Waals surface area contributed by atoms with E-state index in [0.717, 1.165) is 17.1 Å². The summed E-state index contributed by atoms with van der Waals surface area (Å²) in [6.07, 6.45) is -0.673. The molecule has 1 aromatic heterocycles. The molecule has 0 saturated carbocycles. The molecule has 0 radical (unpaired) electrons. The Morgan fingerprint density at radius 1 is 1.29 bits per heavy atom. The van der Waals surface area contributed by atoms with Gasteiger partial charge in [-0.1, -0.05) is 24.8 Å². The average molecular weight is 435 g/mol. The molecule has 1 aromatic carbocycles. The third-order valence-electron chi connectivity index (χ3n) is 5.28. The number of rotatable bonds is 6. The van der Waals surface area contributed by atoms with Crippen LogP contribution in [-0.2, 0) is 11.3 Å². The summed E-state index contributed by atoms with van der Waals surface area (Å²) in [6, 6.07) is 5.32. The topological polar surface area (TPSA) is 93.4 Å². The lowest BCUT2D eigenvalue weighted by molar-refractivity contribution is -0.274. The minimum Gasteiger partial charge on any atom is -0.406 e. The number of hydrogen-bond donors (Lipinski definition) is 2. The van der Waals surface area contributed by atoms with Crippen molar-refractivity contribution < 1.29 is 22.7 Å². The van der Waals surface area contributed by atoms with Crippen LogP contribution in [0.15, 0.2) is 37.2 Å². The highest BCUT2D eigenvalue weighted by molar-refractivity contribution is 5.86. The van der Waals surface area contributed by atoms with Crippen molar-refractivity contribution in [3.63, 3.8) is 0 Å². The quantitative estimate of drug-likeness (QED) is 0.725. The van der Waals surface area contributed by atoms with E-state index in [4.69, 9.17) is 5.73 Å². The van der Waals surface area contributed by atoms with Crippen molar-refractivity contribution >= 4 is 17.8 Å². The van der Waals surface area contributed by atoms with Gasteiger partial charge in [0.25, 0.3) is 0 Å². The van der Waals surface area contributed by atoms with Crippen molar-refractivity contribution in [2.45, 2.75) is 38.2 Å². The number of nitrogens with two attached hydrogens (primary N) is 1. The van der Waals surface area contributed by atoms with E-state index in [2.05, 4.69) is 31.5 Å². The number of nitrogens with zero attached hydrogens (tertiary/aromatic N) is 3. The summed E-state index contributed by atoms with van der Waals surface area (Å²) in [7, 11) is 0. The van der Waals surface area contributed by atoms with Gasteiger partial charge in [-0.15, -0.1) is 13.2 Å². The number of aryl methyl sites for hydroxylation is 1. The number of halogens is 3. The number of anilines is 1. The van der Waals surface area contributed by atoms with Crippen LogP contribution >= 0.6 is 0 Å². The highest BCUT2D eigenvalue weighted by Gasteiger charge is 2.38. The van der Waals surface area contributed by atoms with E-state index in [9.17, 15) is 18.0 Å². The summed E-state index contributed by atoms with van der Waals surface area (Å²) in [6.45, 7) is 6.95. The number of aromatic nitrogens is 2. The van der Waals surface area contributed by atoms with Crippen molar-refractivity contribution in [1.29, 1.82) is 0 Å². The first kappa shape index (κ1) is 22.5. The average Bonchev–Trinajstić information content (AvgIpc) is 2.72. The van der Waals surface area contributed by atoms with Crippen molar-refractivity contribution in [2.24, 2.45) is 5.73 Å². The van der Waals surface area contributed by atoms with Gasteiger partial charge in [-0.3, -0.25) is 4.79 Å². The van der Waals surface area contributed by atoms with Gasteiger partial charge in [0.05, 0.1) is 11.2 Å². The van der Waals surface area contributed by atoms with E-state index in [1.54, 1.807) is 6.08 Å². The molecule has 10 heteroatoms. The summed E-state index contributed by atoms with van der Waals surface area (Å²) in [5.41, 5.74) is 7.65. The first-order valence-corrected chi connectivity index (χ1v) is 9.72. The Hall–Kier alpha value is -3.14. The highest BCUT2D eigenvalue weighted by atomic mass is 19.4. The zero-order valence-corrected chi connectivity index (χ0v) is 17.1. The van der Waals surface area contributed by atoms with Crippen molar-refractivity contribution in [3.8, 4) is 5.75 Å². The van der Waals surface area contributed by atoms with Crippen LogP contribution in [-0.4, -0.2) is 40.9 Å². The number of carbonyl (C=O) groups excluding carboxylic acids is 1. The Balaban J connectivity index is 1.56. The van der Waals surface area contributed by atoms with E-state index in [-0.39, 0.29) is 18.2 Å². The molecule has 1 aliphatic rings. The van der Waals surface area contributed by atoms with Crippen molar-refractivity contribution in [1.82, 2.24) is 15.3 Å². The van der Waals surface area contributed by atoms with Gasteiger partial charge in [0.2, 0.25) is 5.91 Å². The van der Waals surface area contributed by atoms with Crippen LogP contribution in [0, 0.1) is 6.92 Å². The Morgan fingerprint density at radius 3 is 2.52 bits per heavy atom. The van der Waals surface area contributed by atoms with Gasteiger partial charge in [-0.05, 0) is 37.5 Å². The van der Waals surface area contributed by atoms with Gasteiger partial charge in [0.1, 0.15) is 17.9 Å². The minimum absolute atomic E-state index is 0.152. The Bertz CT molecular complexity index is 939. The SMILES string of the molecule is C=Cc1c(C)ncnc1N1CCC(N)(C(=O)NCc2ccc(OC(F)(F)F)cc2)CC1. The number of carbonyl (C=O) groups is 1. The zero-order chi connectivity index (χ0) is 22.6. The summed E-state index contributed by atoms with van der Waals surface area (Å²) in [4.78, 5) is 23.3. The number of piperidine rings is 1. The summed E-state index contributed by atoms with van der Waals surface area (Å²) in [5.74, 6) is 0.154. The van der Waals surface area contributed by atoms with Crippen LogP contribution < -0.4 is 20.7 Å². The molecule has 1 fully saturated rings. The third kappa shape index (κ3) is 5.52. The summed E-state index contributed by atoms with van der Waals surface area (Å²) < 4.78 is 40.5. The maximum Gasteiger partial charge on any atom is 0.573 e. The molecule has 0 atom stereocenters. The maximum absolute atomic E-state index is 12.7. The molecule has 1 saturated heterocycles. The van der Waals surface area contributed by atoms with Crippen molar-refractivity contribution in [3.05, 3.63) is 54.0 Å². The second-order valence-corrected chi connectivity index (χ2v) is 7.42. The molecule has 0 unspecified atom stereocenters. The van der Waals surface area contributed by atoms with Gasteiger partial charge < -0.3 is 20.7 Å². The molecule has 3 rings (SSSR count). The number of ether oxygens (including phenoxy) is 1. The van der Waals surface area contributed by atoms with Crippen LogP contribution in [0.2, 0.25) is 0 Å². The molecule has 0 spiro atoms. The molecule has 166 valence electrons. The lowest BCUT2D eigenvalue weighted by Crippen LogP contribution is -2.59. The molecule has 7 nitrogen and oxygen atoms in total. The van der Waals surface area contributed by atoms with Crippen LogP contribution in [0.4, 0.5) is 19.0 Å². The lowest BCUT2D eigenvalue weighted by atomic mass is 9.87. The van der Waals surface area contributed by atoms with E-state index in [0.29, 0.717) is 31.5 Å². The fraction of sp³-hybridized carbons (Fsp3) is 0.381. The predicted molar refractivity (Wildman–Crippen MR) is 110 cm³/mol. The molecule has 31 heavy (non-hydrogen) atoms. The normalized spacial score (nSPS) is 16.0. The molecular weight excluding hydrogens is 411 g/mol. The van der Waals surface area contributed by atoms with Crippen LogP contribution in [0.1, 0.15) is 29.7 Å². The first-order valence-electron chi connectivity index (χ1n) is 9.72. The minimum atomic E-state index is -4.74. The monoisotopic (exact) mass is 435 g/mol. The molecule has 0 aliphatic carbocycles. The summed E-state index contributed by atoms with van der Waals surface area (Å²) >= 11 is 0. The van der Waals surface area contributed by atoms with Gasteiger partial charge >= 0.3 is 6.36 Å². The van der Waals surface area contributed by atoms with Crippen LogP contribution in [0.25, 0.3) is 6.08 Å². The van der Waals surface area contributed by atoms with E-state index >= 15 is 0 Å². The maximum atomic E-state index is 12.7. The van der Waals surface area contributed by atoms with Gasteiger partial charge in [0, 0.05) is 25.2 Å². The fourth-order valence-corrected chi connectivity index (χ4v) is 3.47. The van der Waals surface area contributed by atoms with Crippen molar-refractivity contribution in [2.75, 3.05) is 18.0 Å². The summed E-state index contributed by atoms with van der Waals surface area (Å²) in [5, 5.41) is 2.78.